The van der Waals surface area contributed by atoms with Crippen LogP contribution in [-0.2, 0) is 9.59 Å². The predicted molar refractivity (Wildman–Crippen MR) is 41.2 cm³/mol. The summed E-state index contributed by atoms with van der Waals surface area (Å²) in [6.07, 6.45) is 0.494. The van der Waals surface area contributed by atoms with E-state index in [1.165, 1.54) is 7.05 Å². The number of ketones is 2. The quantitative estimate of drug-likeness (QED) is 0.525. The van der Waals surface area contributed by atoms with Gasteiger partial charge >= 0.3 is 0 Å². The van der Waals surface area contributed by atoms with Crippen LogP contribution in [0.25, 0.3) is 0 Å². The molecule has 4 heteroatoms. The zero-order valence-corrected chi connectivity index (χ0v) is 6.83. The van der Waals surface area contributed by atoms with Crippen molar-refractivity contribution in [1.29, 1.82) is 0 Å². The van der Waals surface area contributed by atoms with Gasteiger partial charge < -0.3 is 5.73 Å². The molecule has 1 atom stereocenters. The highest BCUT2D eigenvalue weighted by Gasteiger charge is 2.18. The van der Waals surface area contributed by atoms with Crippen LogP contribution >= 0.6 is 0 Å². The lowest BCUT2D eigenvalue weighted by atomic mass is 10.1. The number of hydrogen-bond acceptors (Lipinski definition) is 3. The molecular weight excluding hydrogens is 144 g/mol. The predicted octanol–water partition coefficient (Wildman–Crippen LogP) is -0.904. The number of carbonyl (C=O) groups is 2. The third-order valence-electron chi connectivity index (χ3n) is 1.35. The summed E-state index contributed by atoms with van der Waals surface area (Å²) in [7, 11) is 1.49. The van der Waals surface area contributed by atoms with Crippen molar-refractivity contribution in [3.63, 3.8) is 0 Å². The number of rotatable bonds is 5. The fraction of sp³-hybridized carbons (Fsp3) is 0.714. The van der Waals surface area contributed by atoms with Crippen molar-refractivity contribution in [2.24, 2.45) is 5.73 Å². The molecule has 0 heterocycles. The van der Waals surface area contributed by atoms with Gasteiger partial charge in [0.15, 0.2) is 0 Å². The Morgan fingerprint density at radius 1 is 1.55 bits per heavy atom. The maximum atomic E-state index is 10.9. The van der Waals surface area contributed by atoms with Gasteiger partial charge in [0, 0.05) is 7.05 Å². The Morgan fingerprint density at radius 2 is 2.09 bits per heavy atom. The molecule has 1 radical (unpaired) electrons. The van der Waals surface area contributed by atoms with Crippen molar-refractivity contribution in [3.8, 4) is 0 Å². The average molecular weight is 157 g/mol. The fourth-order valence-electron chi connectivity index (χ4n) is 0.614. The van der Waals surface area contributed by atoms with Gasteiger partial charge in [-0.2, -0.15) is 0 Å². The van der Waals surface area contributed by atoms with Crippen LogP contribution in [0.2, 0.25) is 0 Å². The lowest BCUT2D eigenvalue weighted by molar-refractivity contribution is -0.136. The van der Waals surface area contributed by atoms with Crippen molar-refractivity contribution < 1.29 is 9.59 Å². The number of Topliss-reactive ketones (excluding diaryl/α,β-unsaturated/α-hetero) is 2. The van der Waals surface area contributed by atoms with Gasteiger partial charge in [0.05, 0.1) is 12.6 Å². The maximum Gasteiger partial charge on any atom is 0.216 e. The van der Waals surface area contributed by atoms with Gasteiger partial charge in [-0.05, 0) is 6.42 Å². The fourth-order valence-corrected chi connectivity index (χ4v) is 0.614. The Kier molecular flexibility index (Phi) is 4.65. The Labute approximate surface area is 66.1 Å². The molecule has 2 N–H and O–H groups in total. The summed E-state index contributed by atoms with van der Waals surface area (Å²) in [5, 5.41) is 3.55. The molecule has 0 saturated heterocycles. The van der Waals surface area contributed by atoms with Gasteiger partial charge in [-0.3, -0.25) is 9.59 Å². The molecule has 0 spiro atoms. The molecule has 0 aromatic heterocycles. The van der Waals surface area contributed by atoms with E-state index in [9.17, 15) is 9.59 Å². The van der Waals surface area contributed by atoms with Crippen molar-refractivity contribution >= 4 is 11.6 Å². The second-order valence-electron chi connectivity index (χ2n) is 2.28. The van der Waals surface area contributed by atoms with Crippen LogP contribution in [0.5, 0.6) is 0 Å². The minimum absolute atomic E-state index is 0.0491. The van der Waals surface area contributed by atoms with Crippen LogP contribution < -0.4 is 11.1 Å². The van der Waals surface area contributed by atoms with Crippen LogP contribution in [0.3, 0.4) is 0 Å². The monoisotopic (exact) mass is 157 g/mol. The molecule has 0 aliphatic carbocycles. The Hall–Kier alpha value is -0.740. The van der Waals surface area contributed by atoms with E-state index < -0.39 is 17.6 Å². The van der Waals surface area contributed by atoms with E-state index in [0.29, 0.717) is 6.42 Å². The largest absolute Gasteiger partial charge is 0.321 e. The summed E-state index contributed by atoms with van der Waals surface area (Å²) in [6.45, 7) is 1.71. The number of hydrogen-bond donors (Lipinski definition) is 1. The second-order valence-corrected chi connectivity index (χ2v) is 2.28. The minimum Gasteiger partial charge on any atom is -0.321 e. The van der Waals surface area contributed by atoms with Gasteiger partial charge in [0.1, 0.15) is 0 Å². The molecule has 0 rings (SSSR count). The molecule has 0 aliphatic rings. The van der Waals surface area contributed by atoms with Crippen LogP contribution in [0, 0.1) is 0 Å². The average Bonchev–Trinajstić information content (AvgIpc) is 2.02. The number of likely N-dealkylation sites (N-methyl/N-ethyl adjacent to an activating group) is 1. The number of carbonyl (C=O) groups excluding carboxylic acids is 2. The van der Waals surface area contributed by atoms with Crippen LogP contribution in [0.4, 0.5) is 0 Å². The van der Waals surface area contributed by atoms with Crippen LogP contribution in [0.1, 0.15) is 13.3 Å². The molecular formula is C7H13N2O2. The molecule has 0 bridgehead atoms. The number of nitrogens with zero attached hydrogens (tertiary/aromatic N) is 1. The molecule has 4 nitrogen and oxygen atoms in total. The van der Waals surface area contributed by atoms with E-state index >= 15 is 0 Å². The van der Waals surface area contributed by atoms with Crippen molar-refractivity contribution in [2.75, 3.05) is 13.6 Å². The van der Waals surface area contributed by atoms with E-state index in [4.69, 9.17) is 5.73 Å². The van der Waals surface area contributed by atoms with E-state index in [1.54, 1.807) is 6.92 Å². The Morgan fingerprint density at radius 3 is 2.45 bits per heavy atom. The Balaban J connectivity index is 3.92. The van der Waals surface area contributed by atoms with Crippen molar-refractivity contribution in [1.82, 2.24) is 5.32 Å². The van der Waals surface area contributed by atoms with E-state index in [2.05, 4.69) is 5.32 Å². The van der Waals surface area contributed by atoms with E-state index in [0.717, 1.165) is 0 Å². The minimum atomic E-state index is -0.649. The summed E-state index contributed by atoms with van der Waals surface area (Å²) in [4.78, 5) is 21.7. The van der Waals surface area contributed by atoms with Gasteiger partial charge in [0.2, 0.25) is 11.6 Å². The normalized spacial score (nSPS) is 12.6. The third kappa shape index (κ3) is 3.25. The topological polar surface area (TPSA) is 74.3 Å². The smallest absolute Gasteiger partial charge is 0.216 e. The highest BCUT2D eigenvalue weighted by Crippen LogP contribution is 1.89. The zero-order chi connectivity index (χ0) is 8.85. The van der Waals surface area contributed by atoms with E-state index in [-0.39, 0.29) is 6.54 Å². The summed E-state index contributed by atoms with van der Waals surface area (Å²) in [6, 6.07) is -0.649. The molecule has 0 aliphatic heterocycles. The van der Waals surface area contributed by atoms with Gasteiger partial charge in [-0.25, -0.2) is 5.32 Å². The zero-order valence-electron chi connectivity index (χ0n) is 6.83. The highest BCUT2D eigenvalue weighted by atomic mass is 16.2. The first-order valence-electron chi connectivity index (χ1n) is 3.51. The lowest BCUT2D eigenvalue weighted by Crippen LogP contribution is -2.38. The molecule has 0 amide bonds. The summed E-state index contributed by atoms with van der Waals surface area (Å²) < 4.78 is 0. The first-order chi connectivity index (χ1) is 5.13. The third-order valence-corrected chi connectivity index (χ3v) is 1.35. The molecule has 1 unspecified atom stereocenters. The van der Waals surface area contributed by atoms with Crippen LogP contribution in [0.15, 0.2) is 0 Å². The van der Waals surface area contributed by atoms with Gasteiger partial charge in [-0.15, -0.1) is 0 Å². The molecule has 0 saturated carbocycles. The maximum absolute atomic E-state index is 10.9. The standard InChI is InChI=1S/C7H13N2O2/c1-3-5(8)7(11)6(10)4-9-2/h5H,3-4,8H2,1-2H3. The Bertz CT molecular complexity index is 157. The van der Waals surface area contributed by atoms with E-state index in [1.807, 2.05) is 0 Å². The SMILES string of the molecule is CCC(N)C(=O)C(=O)C[N]C. The molecule has 0 aromatic rings. The molecule has 0 fully saturated rings. The summed E-state index contributed by atoms with van der Waals surface area (Å²) in [5.74, 6) is -1.01. The lowest BCUT2D eigenvalue weighted by Gasteiger charge is -2.04. The van der Waals surface area contributed by atoms with Crippen molar-refractivity contribution in [2.45, 2.75) is 19.4 Å². The van der Waals surface area contributed by atoms with Gasteiger partial charge in [-0.1, -0.05) is 6.92 Å². The summed E-state index contributed by atoms with van der Waals surface area (Å²) in [5.41, 5.74) is 5.34. The molecule has 11 heavy (non-hydrogen) atoms. The first kappa shape index (κ1) is 10.3. The molecule has 63 valence electrons. The second kappa shape index (κ2) is 4.98. The molecule has 0 aromatic carbocycles. The van der Waals surface area contributed by atoms with Crippen molar-refractivity contribution in [3.05, 3.63) is 0 Å². The highest BCUT2D eigenvalue weighted by molar-refractivity contribution is 6.39. The number of nitrogens with two attached hydrogens (primary N) is 1. The summed E-state index contributed by atoms with van der Waals surface area (Å²) >= 11 is 0. The van der Waals surface area contributed by atoms with Gasteiger partial charge in [0.25, 0.3) is 0 Å². The first-order valence-corrected chi connectivity index (χ1v) is 3.51. The van der Waals surface area contributed by atoms with Crippen LogP contribution in [-0.4, -0.2) is 31.2 Å².